The van der Waals surface area contributed by atoms with E-state index in [2.05, 4.69) is 228 Å². The van der Waals surface area contributed by atoms with Crippen LogP contribution >= 0.6 is 22.7 Å². The maximum Gasteiger partial charge on any atom is 0.143 e. The first-order chi connectivity index (χ1) is 34.2. The number of hydrogen-bond donors (Lipinski definition) is 3. The monoisotopic (exact) mass is 919 g/mol. The molecule has 11 aromatic carbocycles. The van der Waals surface area contributed by atoms with Gasteiger partial charge in [-0.15, -0.1) is 22.7 Å². The Hall–Kier alpha value is -7.68. The predicted molar refractivity (Wildman–Crippen MR) is 293 cm³/mol. The zero-order valence-electron chi connectivity index (χ0n) is 37.2. The third kappa shape index (κ3) is 6.04. The SMILES string of the molecule is c1ccc2c(c1)cc(C1NC(c3cccc4c(-c5ccc(-c6cccc7sc8ccccc8c67)c6oc7ccccc7c56)cccc34)NC(c3cccc4c3sc3ccccc34)N1)c1ccccc12. The van der Waals surface area contributed by atoms with Gasteiger partial charge in [0.15, 0.2) is 0 Å². The molecule has 326 valence electrons. The third-order valence-electron chi connectivity index (χ3n) is 14.6. The predicted octanol–water partition coefficient (Wildman–Crippen LogP) is 17.3. The minimum Gasteiger partial charge on any atom is -0.455 e. The molecule has 1 fully saturated rings. The molecule has 1 aliphatic heterocycles. The fraction of sp³-hybridized carbons (Fsp3) is 0.0476. The lowest BCUT2D eigenvalue weighted by atomic mass is 9.89. The zero-order valence-corrected chi connectivity index (χ0v) is 38.8. The molecule has 3 atom stereocenters. The van der Waals surface area contributed by atoms with Crippen LogP contribution in [0, 0.1) is 0 Å². The van der Waals surface area contributed by atoms with Crippen molar-refractivity contribution in [1.29, 1.82) is 0 Å². The van der Waals surface area contributed by atoms with Crippen LogP contribution < -0.4 is 16.0 Å². The van der Waals surface area contributed by atoms with Crippen molar-refractivity contribution in [3.05, 3.63) is 229 Å². The molecular weight excluding hydrogens is 879 g/mol. The number of benzene rings is 11. The average molecular weight is 920 g/mol. The van der Waals surface area contributed by atoms with Crippen molar-refractivity contribution >= 4 is 117 Å². The molecule has 14 aromatic rings. The molecule has 0 radical (unpaired) electrons. The summed E-state index contributed by atoms with van der Waals surface area (Å²) in [5.74, 6) is 0. The molecule has 0 aliphatic carbocycles. The molecule has 3 aromatic heterocycles. The molecule has 3 unspecified atom stereocenters. The number of fused-ring (bicyclic) bond motifs is 13. The highest BCUT2D eigenvalue weighted by molar-refractivity contribution is 7.26. The highest BCUT2D eigenvalue weighted by atomic mass is 32.1. The summed E-state index contributed by atoms with van der Waals surface area (Å²) in [4.78, 5) is 0. The Labute approximate surface area is 405 Å². The Morgan fingerprint density at radius 2 is 0.855 bits per heavy atom. The second-order valence-electron chi connectivity index (χ2n) is 18.3. The fourth-order valence-corrected chi connectivity index (χ4v) is 14.0. The van der Waals surface area contributed by atoms with E-state index >= 15 is 0 Å². The summed E-state index contributed by atoms with van der Waals surface area (Å²) in [7, 11) is 0. The van der Waals surface area contributed by atoms with Gasteiger partial charge in [0.1, 0.15) is 11.2 Å². The van der Waals surface area contributed by atoms with Crippen LogP contribution in [0.1, 0.15) is 35.2 Å². The minimum atomic E-state index is -0.215. The molecule has 0 amide bonds. The Balaban J connectivity index is 0.917. The number of nitrogens with one attached hydrogen (secondary N) is 3. The van der Waals surface area contributed by atoms with E-state index in [4.69, 9.17) is 4.42 Å². The molecule has 15 rings (SSSR count). The molecule has 69 heavy (non-hydrogen) atoms. The molecule has 3 N–H and O–H groups in total. The molecule has 4 heterocycles. The van der Waals surface area contributed by atoms with Crippen molar-refractivity contribution in [3.63, 3.8) is 0 Å². The van der Waals surface area contributed by atoms with E-state index in [1.54, 1.807) is 0 Å². The summed E-state index contributed by atoms with van der Waals surface area (Å²) >= 11 is 3.73. The van der Waals surface area contributed by atoms with Crippen LogP contribution in [0.25, 0.3) is 117 Å². The van der Waals surface area contributed by atoms with Gasteiger partial charge in [-0.25, -0.2) is 0 Å². The number of thiophene rings is 2. The Bertz CT molecular complexity index is 4410. The first-order valence-electron chi connectivity index (χ1n) is 23.7. The van der Waals surface area contributed by atoms with E-state index in [0.29, 0.717) is 0 Å². The van der Waals surface area contributed by atoms with Gasteiger partial charge >= 0.3 is 0 Å². The molecule has 1 saturated heterocycles. The molecule has 4 nitrogen and oxygen atoms in total. The van der Waals surface area contributed by atoms with Crippen LogP contribution in [0.5, 0.6) is 0 Å². The van der Waals surface area contributed by atoms with Crippen LogP contribution in [0.2, 0.25) is 0 Å². The molecule has 0 saturated carbocycles. The molecule has 0 bridgehead atoms. The molecular formula is C63H41N3OS2. The van der Waals surface area contributed by atoms with Gasteiger partial charge in [-0.2, -0.15) is 0 Å². The van der Waals surface area contributed by atoms with Crippen molar-refractivity contribution in [2.45, 2.75) is 18.5 Å². The van der Waals surface area contributed by atoms with Gasteiger partial charge in [0.25, 0.3) is 0 Å². The highest BCUT2D eigenvalue weighted by Crippen LogP contribution is 2.48. The average Bonchev–Trinajstić information content (AvgIpc) is 4.12. The van der Waals surface area contributed by atoms with Gasteiger partial charge in [0.05, 0.1) is 18.5 Å². The number of rotatable bonds is 5. The van der Waals surface area contributed by atoms with Crippen molar-refractivity contribution in [2.75, 3.05) is 0 Å². The zero-order chi connectivity index (χ0) is 45.2. The second kappa shape index (κ2) is 15.4. The van der Waals surface area contributed by atoms with E-state index < -0.39 is 0 Å². The van der Waals surface area contributed by atoms with Crippen LogP contribution in [0.15, 0.2) is 217 Å². The van der Waals surface area contributed by atoms with E-state index in [1.165, 1.54) is 100 Å². The largest absolute Gasteiger partial charge is 0.455 e. The van der Waals surface area contributed by atoms with E-state index in [-0.39, 0.29) is 18.5 Å². The van der Waals surface area contributed by atoms with E-state index in [9.17, 15) is 0 Å². The van der Waals surface area contributed by atoms with Crippen LogP contribution in [0.3, 0.4) is 0 Å². The van der Waals surface area contributed by atoms with Gasteiger partial charge in [0.2, 0.25) is 0 Å². The van der Waals surface area contributed by atoms with Gasteiger partial charge in [-0.05, 0) is 96.5 Å². The summed E-state index contributed by atoms with van der Waals surface area (Å²) in [6.07, 6.45) is -0.572. The summed E-state index contributed by atoms with van der Waals surface area (Å²) in [6, 6.07) is 77.8. The molecule has 6 heteroatoms. The topological polar surface area (TPSA) is 49.2 Å². The first kappa shape index (κ1) is 39.3. The molecule has 0 spiro atoms. The normalized spacial score (nSPS) is 16.7. The van der Waals surface area contributed by atoms with Gasteiger partial charge < -0.3 is 4.42 Å². The second-order valence-corrected chi connectivity index (χ2v) is 20.5. The summed E-state index contributed by atoms with van der Waals surface area (Å²) < 4.78 is 12.1. The standard InChI is InChI=1S/C63H41N3OS2/c1-2-16-37-36(15-1)35-52(42-18-4-3-17-38(37)42)63-65-61(64-62(66-63)51-28-13-26-47-43-19-6-9-30-54(43)69-60(47)51)48-27-12-22-39-40(23-11-24-41(39)48)45-33-34-46(59-58(45)49-20-5-8-29-53(49)67-59)44-25-14-32-56-57(44)50-21-7-10-31-55(50)68-56/h1-35,61-66H. The van der Waals surface area contributed by atoms with Crippen LogP contribution in [-0.2, 0) is 0 Å². The fourth-order valence-electron chi connectivity index (χ4n) is 11.6. The lowest BCUT2D eigenvalue weighted by Gasteiger charge is -2.40. The minimum absolute atomic E-state index is 0.170. The smallest absolute Gasteiger partial charge is 0.143 e. The van der Waals surface area contributed by atoms with Crippen molar-refractivity contribution in [3.8, 4) is 22.3 Å². The highest BCUT2D eigenvalue weighted by Gasteiger charge is 2.33. The summed E-state index contributed by atoms with van der Waals surface area (Å²) in [6.45, 7) is 0. The van der Waals surface area contributed by atoms with Crippen LogP contribution in [-0.4, -0.2) is 0 Å². The summed E-state index contributed by atoms with van der Waals surface area (Å²) in [5.41, 5.74) is 10.1. The van der Waals surface area contributed by atoms with E-state index in [0.717, 1.165) is 33.1 Å². The number of furan rings is 1. The van der Waals surface area contributed by atoms with Gasteiger partial charge in [-0.1, -0.05) is 176 Å². The number of para-hydroxylation sites is 1. The van der Waals surface area contributed by atoms with E-state index in [1.807, 2.05) is 22.7 Å². The van der Waals surface area contributed by atoms with Crippen molar-refractivity contribution in [2.24, 2.45) is 0 Å². The van der Waals surface area contributed by atoms with Gasteiger partial charge in [0, 0.05) is 62.2 Å². The maximum absolute atomic E-state index is 6.96. The Morgan fingerprint density at radius 1 is 0.319 bits per heavy atom. The van der Waals surface area contributed by atoms with Crippen LogP contribution in [0.4, 0.5) is 0 Å². The van der Waals surface area contributed by atoms with Crippen molar-refractivity contribution in [1.82, 2.24) is 16.0 Å². The maximum atomic E-state index is 6.96. The quantitative estimate of drug-likeness (QED) is 0.151. The lowest BCUT2D eigenvalue weighted by Crippen LogP contribution is -2.54. The van der Waals surface area contributed by atoms with Gasteiger partial charge in [-0.3, -0.25) is 16.0 Å². The Kier molecular flexibility index (Phi) is 8.79. The third-order valence-corrected chi connectivity index (χ3v) is 17.0. The number of hydrogen-bond acceptors (Lipinski definition) is 6. The summed E-state index contributed by atoms with van der Waals surface area (Å²) in [5, 5.41) is 27.2. The first-order valence-corrected chi connectivity index (χ1v) is 25.3. The Morgan fingerprint density at radius 3 is 1.71 bits per heavy atom. The molecule has 1 aliphatic rings. The van der Waals surface area contributed by atoms with Crippen molar-refractivity contribution < 1.29 is 4.42 Å². The lowest BCUT2D eigenvalue weighted by molar-refractivity contribution is 0.206.